The third-order valence-electron chi connectivity index (χ3n) is 2.49. The number of terminal acetylenes is 1. The number of aryl methyl sites for hydroxylation is 1. The normalized spacial score (nSPS) is 9.56. The Morgan fingerprint density at radius 2 is 2.00 bits per heavy atom. The van der Waals surface area contributed by atoms with Gasteiger partial charge in [0.05, 0.1) is 13.0 Å². The molecule has 0 aliphatic rings. The Bertz CT molecular complexity index is 386. The van der Waals surface area contributed by atoms with Crippen molar-refractivity contribution in [3.63, 3.8) is 0 Å². The van der Waals surface area contributed by atoms with Gasteiger partial charge in [-0.3, -0.25) is 4.79 Å². The average Bonchev–Trinajstić information content (AvgIpc) is 2.29. The number of hydrogen-bond donors (Lipinski definition) is 0. The van der Waals surface area contributed by atoms with E-state index in [-0.39, 0.29) is 5.91 Å². The maximum Gasteiger partial charge on any atom is 0.227 e. The topological polar surface area (TPSA) is 20.3 Å². The highest BCUT2D eigenvalue weighted by atomic mass is 16.2. The summed E-state index contributed by atoms with van der Waals surface area (Å²) in [6.45, 7) is 5.02. The molecule has 2 nitrogen and oxygen atoms in total. The van der Waals surface area contributed by atoms with Crippen molar-refractivity contribution >= 4 is 5.91 Å². The number of nitrogens with zero attached hydrogens (tertiary/aromatic N) is 1. The molecule has 0 unspecified atom stereocenters. The van der Waals surface area contributed by atoms with Crippen LogP contribution in [0.5, 0.6) is 0 Å². The van der Waals surface area contributed by atoms with Crippen molar-refractivity contribution < 1.29 is 4.79 Å². The van der Waals surface area contributed by atoms with Crippen molar-refractivity contribution in [3.05, 3.63) is 35.4 Å². The van der Waals surface area contributed by atoms with E-state index in [2.05, 4.69) is 5.92 Å². The maximum atomic E-state index is 11.8. The van der Waals surface area contributed by atoms with Gasteiger partial charge in [-0.05, 0) is 19.4 Å². The van der Waals surface area contributed by atoms with Gasteiger partial charge in [0.25, 0.3) is 0 Å². The SMILES string of the molecule is C#CCN(CC)C(=O)Cc1ccc(C)cc1. The van der Waals surface area contributed by atoms with Crippen LogP contribution in [0.25, 0.3) is 0 Å². The Balaban J connectivity index is 2.63. The van der Waals surface area contributed by atoms with Gasteiger partial charge in [0, 0.05) is 6.54 Å². The number of likely N-dealkylation sites (N-methyl/N-ethyl adjacent to an activating group) is 1. The van der Waals surface area contributed by atoms with Gasteiger partial charge in [-0.1, -0.05) is 35.7 Å². The molecule has 0 saturated heterocycles. The molecule has 2 heteroatoms. The Hall–Kier alpha value is -1.75. The van der Waals surface area contributed by atoms with Crippen LogP contribution in [-0.4, -0.2) is 23.9 Å². The first-order chi connectivity index (χ1) is 7.67. The lowest BCUT2D eigenvalue weighted by molar-refractivity contribution is -0.129. The third kappa shape index (κ3) is 3.43. The second kappa shape index (κ2) is 5.97. The highest BCUT2D eigenvalue weighted by Gasteiger charge is 2.10. The molecule has 16 heavy (non-hydrogen) atoms. The van der Waals surface area contributed by atoms with Crippen LogP contribution in [0.2, 0.25) is 0 Å². The standard InChI is InChI=1S/C14H17NO/c1-4-10-15(5-2)14(16)11-13-8-6-12(3)7-9-13/h1,6-9H,5,10-11H2,2-3H3. The van der Waals surface area contributed by atoms with Crippen LogP contribution >= 0.6 is 0 Å². The van der Waals surface area contributed by atoms with Crippen LogP contribution in [0.1, 0.15) is 18.1 Å². The van der Waals surface area contributed by atoms with Crippen LogP contribution < -0.4 is 0 Å². The molecule has 0 aliphatic carbocycles. The van der Waals surface area contributed by atoms with Gasteiger partial charge in [0.2, 0.25) is 5.91 Å². The molecule has 1 amide bonds. The smallest absolute Gasteiger partial charge is 0.227 e. The van der Waals surface area contributed by atoms with E-state index in [1.165, 1.54) is 5.56 Å². The Labute approximate surface area is 97.3 Å². The fraction of sp³-hybridized carbons (Fsp3) is 0.357. The second-order valence-electron chi connectivity index (χ2n) is 3.77. The third-order valence-corrected chi connectivity index (χ3v) is 2.49. The predicted molar refractivity (Wildman–Crippen MR) is 66.0 cm³/mol. The maximum absolute atomic E-state index is 11.8. The first-order valence-corrected chi connectivity index (χ1v) is 5.44. The molecule has 0 N–H and O–H groups in total. The van der Waals surface area contributed by atoms with Gasteiger partial charge in [-0.25, -0.2) is 0 Å². The largest absolute Gasteiger partial charge is 0.332 e. The van der Waals surface area contributed by atoms with Gasteiger partial charge in [0.15, 0.2) is 0 Å². The number of rotatable bonds is 4. The van der Waals surface area contributed by atoms with E-state index in [0.29, 0.717) is 19.5 Å². The summed E-state index contributed by atoms with van der Waals surface area (Å²) in [5, 5.41) is 0. The Morgan fingerprint density at radius 3 is 2.50 bits per heavy atom. The monoisotopic (exact) mass is 215 g/mol. The summed E-state index contributed by atoms with van der Waals surface area (Å²) in [5.74, 6) is 2.59. The molecule has 0 heterocycles. The molecule has 0 bridgehead atoms. The number of benzene rings is 1. The van der Waals surface area contributed by atoms with E-state index >= 15 is 0 Å². The number of amides is 1. The molecule has 0 fully saturated rings. The molecule has 0 radical (unpaired) electrons. The van der Waals surface area contributed by atoms with Crippen molar-refractivity contribution in [2.45, 2.75) is 20.3 Å². The quantitative estimate of drug-likeness (QED) is 0.704. The summed E-state index contributed by atoms with van der Waals surface area (Å²) in [6, 6.07) is 7.99. The van der Waals surface area contributed by atoms with Crippen LogP contribution in [0.15, 0.2) is 24.3 Å². The fourth-order valence-electron chi connectivity index (χ4n) is 1.48. The van der Waals surface area contributed by atoms with E-state index in [9.17, 15) is 4.79 Å². The van der Waals surface area contributed by atoms with Crippen LogP contribution in [0.3, 0.4) is 0 Å². The second-order valence-corrected chi connectivity index (χ2v) is 3.77. The zero-order valence-corrected chi connectivity index (χ0v) is 9.86. The average molecular weight is 215 g/mol. The van der Waals surface area contributed by atoms with Gasteiger partial charge < -0.3 is 4.90 Å². The Kier molecular flexibility index (Phi) is 4.60. The fourth-order valence-corrected chi connectivity index (χ4v) is 1.48. The van der Waals surface area contributed by atoms with E-state index < -0.39 is 0 Å². The summed E-state index contributed by atoms with van der Waals surface area (Å²) in [4.78, 5) is 13.5. The molecule has 1 rings (SSSR count). The molecule has 1 aromatic carbocycles. The van der Waals surface area contributed by atoms with Crippen molar-refractivity contribution in [3.8, 4) is 12.3 Å². The highest BCUT2D eigenvalue weighted by molar-refractivity contribution is 5.79. The zero-order chi connectivity index (χ0) is 12.0. The number of carbonyl (C=O) groups is 1. The van der Waals surface area contributed by atoms with Crippen LogP contribution in [0, 0.1) is 19.3 Å². The first-order valence-electron chi connectivity index (χ1n) is 5.44. The molecular formula is C14H17NO. The molecule has 84 valence electrons. The van der Waals surface area contributed by atoms with Gasteiger partial charge in [0.1, 0.15) is 0 Å². The summed E-state index contributed by atoms with van der Waals surface area (Å²) >= 11 is 0. The van der Waals surface area contributed by atoms with E-state index in [0.717, 1.165) is 5.56 Å². The first kappa shape index (κ1) is 12.3. The zero-order valence-electron chi connectivity index (χ0n) is 9.86. The summed E-state index contributed by atoms with van der Waals surface area (Å²) in [7, 11) is 0. The lowest BCUT2D eigenvalue weighted by Gasteiger charge is -2.17. The van der Waals surface area contributed by atoms with E-state index in [1.807, 2.05) is 38.1 Å². The molecule has 0 saturated carbocycles. The van der Waals surface area contributed by atoms with Crippen molar-refractivity contribution in [2.24, 2.45) is 0 Å². The number of carbonyl (C=O) groups excluding carboxylic acids is 1. The van der Waals surface area contributed by atoms with Gasteiger partial charge >= 0.3 is 0 Å². The summed E-state index contributed by atoms with van der Waals surface area (Å²) < 4.78 is 0. The highest BCUT2D eigenvalue weighted by Crippen LogP contribution is 2.05. The minimum atomic E-state index is 0.0873. The summed E-state index contributed by atoms with van der Waals surface area (Å²) in [5.41, 5.74) is 2.23. The van der Waals surface area contributed by atoms with Crippen molar-refractivity contribution in [1.82, 2.24) is 4.90 Å². The lowest BCUT2D eigenvalue weighted by Crippen LogP contribution is -2.32. The van der Waals surface area contributed by atoms with Crippen molar-refractivity contribution in [1.29, 1.82) is 0 Å². The number of hydrogen-bond acceptors (Lipinski definition) is 1. The molecular weight excluding hydrogens is 198 g/mol. The molecule has 0 spiro atoms. The van der Waals surface area contributed by atoms with Crippen molar-refractivity contribution in [2.75, 3.05) is 13.1 Å². The Morgan fingerprint density at radius 1 is 1.38 bits per heavy atom. The molecule has 1 aromatic rings. The molecule has 0 atom stereocenters. The summed E-state index contributed by atoms with van der Waals surface area (Å²) in [6.07, 6.45) is 5.64. The van der Waals surface area contributed by atoms with Gasteiger partial charge in [-0.15, -0.1) is 6.42 Å². The van der Waals surface area contributed by atoms with Gasteiger partial charge in [-0.2, -0.15) is 0 Å². The molecule has 0 aromatic heterocycles. The lowest BCUT2D eigenvalue weighted by atomic mass is 10.1. The van der Waals surface area contributed by atoms with E-state index in [1.54, 1.807) is 4.90 Å². The molecule has 0 aliphatic heterocycles. The van der Waals surface area contributed by atoms with Crippen LogP contribution in [0.4, 0.5) is 0 Å². The van der Waals surface area contributed by atoms with Crippen LogP contribution in [-0.2, 0) is 11.2 Å². The minimum Gasteiger partial charge on any atom is -0.332 e. The minimum absolute atomic E-state index is 0.0873. The predicted octanol–water partition coefficient (Wildman–Crippen LogP) is 2.02. The van der Waals surface area contributed by atoms with E-state index in [4.69, 9.17) is 6.42 Å².